The van der Waals surface area contributed by atoms with Gasteiger partial charge in [0.25, 0.3) is 0 Å². The molecule has 0 amide bonds. The Kier molecular flexibility index (Phi) is 10.8. The fourth-order valence-corrected chi connectivity index (χ4v) is 2.50. The van der Waals surface area contributed by atoms with Gasteiger partial charge in [-0.15, -0.1) is 24.0 Å². The summed E-state index contributed by atoms with van der Waals surface area (Å²) in [6.07, 6.45) is 1.81. The monoisotopic (exact) mass is 463 g/mol. The van der Waals surface area contributed by atoms with Crippen LogP contribution < -0.4 is 15.4 Å². The minimum absolute atomic E-state index is 0. The summed E-state index contributed by atoms with van der Waals surface area (Å²) in [5, 5.41) is 16.5. The van der Waals surface area contributed by atoms with Gasteiger partial charge in [0.1, 0.15) is 18.5 Å². The van der Waals surface area contributed by atoms with Crippen LogP contribution >= 0.6 is 24.0 Å². The van der Waals surface area contributed by atoms with Crippen molar-refractivity contribution < 1.29 is 14.6 Å². The molecule has 2 atom stereocenters. The maximum absolute atomic E-state index is 10.1. The van der Waals surface area contributed by atoms with E-state index in [4.69, 9.17) is 9.47 Å². The highest BCUT2D eigenvalue weighted by molar-refractivity contribution is 14.0. The summed E-state index contributed by atoms with van der Waals surface area (Å²) < 4.78 is 11.2. The standard InChI is InChI=1S/C18H29N3O3.HI/c1-3-19-18(21-12-17-8-5-9-23-17)20-11-15(22)13-24-16-7-4-6-14(2)10-16;/h4,6-7,10,15,17,22H,3,5,8-9,11-13H2,1-2H3,(H2,19,20,21);1H. The molecule has 7 heteroatoms. The van der Waals surface area contributed by atoms with Gasteiger partial charge in [-0.25, -0.2) is 0 Å². The molecule has 1 aromatic rings. The van der Waals surface area contributed by atoms with Crippen LogP contribution in [0.4, 0.5) is 0 Å². The van der Waals surface area contributed by atoms with E-state index in [1.165, 1.54) is 0 Å². The first-order valence-corrected chi connectivity index (χ1v) is 8.68. The SMILES string of the molecule is CCNC(=NCC(O)COc1cccc(C)c1)NCC1CCCO1.I. The van der Waals surface area contributed by atoms with Crippen molar-refractivity contribution in [2.45, 2.75) is 38.9 Å². The number of hydrogen-bond donors (Lipinski definition) is 3. The minimum atomic E-state index is -0.649. The van der Waals surface area contributed by atoms with Crippen LogP contribution in [0.2, 0.25) is 0 Å². The second-order valence-electron chi connectivity index (χ2n) is 6.02. The first-order chi connectivity index (χ1) is 11.7. The molecule has 0 aliphatic carbocycles. The molecule has 1 aliphatic rings. The Morgan fingerprint density at radius 1 is 1.44 bits per heavy atom. The Labute approximate surface area is 167 Å². The van der Waals surface area contributed by atoms with Gasteiger partial charge in [0.2, 0.25) is 0 Å². The molecule has 1 aliphatic heterocycles. The molecule has 2 rings (SSSR count). The Morgan fingerprint density at radius 2 is 2.28 bits per heavy atom. The number of rotatable bonds is 8. The molecule has 0 saturated carbocycles. The van der Waals surface area contributed by atoms with Gasteiger partial charge in [-0.1, -0.05) is 12.1 Å². The van der Waals surface area contributed by atoms with Gasteiger partial charge in [0.05, 0.1) is 12.6 Å². The van der Waals surface area contributed by atoms with Gasteiger partial charge in [0.15, 0.2) is 5.96 Å². The molecule has 3 N–H and O–H groups in total. The highest BCUT2D eigenvalue weighted by atomic mass is 127. The van der Waals surface area contributed by atoms with Crippen molar-refractivity contribution in [3.63, 3.8) is 0 Å². The molecule has 0 aromatic heterocycles. The number of benzene rings is 1. The fourth-order valence-electron chi connectivity index (χ4n) is 2.50. The lowest BCUT2D eigenvalue weighted by Gasteiger charge is -2.16. The summed E-state index contributed by atoms with van der Waals surface area (Å²) >= 11 is 0. The number of ether oxygens (including phenoxy) is 2. The predicted octanol–water partition coefficient (Wildman–Crippen LogP) is 2.09. The zero-order valence-corrected chi connectivity index (χ0v) is 17.4. The van der Waals surface area contributed by atoms with Gasteiger partial charge in [0, 0.05) is 19.7 Å². The van der Waals surface area contributed by atoms with E-state index in [9.17, 15) is 5.11 Å². The van der Waals surface area contributed by atoms with Gasteiger partial charge >= 0.3 is 0 Å². The molecule has 25 heavy (non-hydrogen) atoms. The summed E-state index contributed by atoms with van der Waals surface area (Å²) in [4.78, 5) is 4.41. The van der Waals surface area contributed by atoms with E-state index in [0.717, 1.165) is 43.9 Å². The first-order valence-electron chi connectivity index (χ1n) is 8.68. The van der Waals surface area contributed by atoms with Crippen LogP contribution in [-0.4, -0.2) is 56.1 Å². The number of nitrogens with zero attached hydrogens (tertiary/aromatic N) is 1. The van der Waals surface area contributed by atoms with Crippen molar-refractivity contribution in [2.24, 2.45) is 4.99 Å². The number of aliphatic hydroxyl groups excluding tert-OH is 1. The number of nitrogens with one attached hydrogen (secondary N) is 2. The molecule has 1 saturated heterocycles. The van der Waals surface area contributed by atoms with E-state index in [0.29, 0.717) is 5.96 Å². The van der Waals surface area contributed by atoms with Crippen molar-refractivity contribution in [3.05, 3.63) is 29.8 Å². The van der Waals surface area contributed by atoms with Crippen molar-refractivity contribution >= 4 is 29.9 Å². The number of guanidine groups is 1. The Hall–Kier alpha value is -1.06. The molecule has 0 radical (unpaired) electrons. The van der Waals surface area contributed by atoms with E-state index < -0.39 is 6.10 Å². The molecular formula is C18H30IN3O3. The molecule has 2 unspecified atom stereocenters. The average Bonchev–Trinajstić information content (AvgIpc) is 3.09. The van der Waals surface area contributed by atoms with Crippen molar-refractivity contribution in [3.8, 4) is 5.75 Å². The molecule has 0 spiro atoms. The summed E-state index contributed by atoms with van der Waals surface area (Å²) in [6, 6.07) is 7.78. The number of aliphatic imine (C=N–C) groups is 1. The van der Waals surface area contributed by atoms with Gasteiger partial charge < -0.3 is 25.2 Å². The van der Waals surface area contributed by atoms with Gasteiger partial charge in [-0.2, -0.15) is 0 Å². The zero-order valence-electron chi connectivity index (χ0n) is 15.0. The van der Waals surface area contributed by atoms with E-state index in [1.54, 1.807) is 0 Å². The second-order valence-corrected chi connectivity index (χ2v) is 6.02. The Balaban J connectivity index is 0.00000312. The molecule has 1 fully saturated rings. The van der Waals surface area contributed by atoms with E-state index in [-0.39, 0.29) is 43.2 Å². The topological polar surface area (TPSA) is 75.1 Å². The normalized spacial score (nSPS) is 18.4. The van der Waals surface area contributed by atoms with Crippen molar-refractivity contribution in [1.29, 1.82) is 0 Å². The van der Waals surface area contributed by atoms with Crippen LogP contribution in [0.3, 0.4) is 0 Å². The average molecular weight is 463 g/mol. The third-order valence-corrected chi connectivity index (χ3v) is 3.76. The Morgan fingerprint density at radius 3 is 2.96 bits per heavy atom. The van der Waals surface area contributed by atoms with Crippen LogP contribution in [0.5, 0.6) is 5.75 Å². The number of halogens is 1. The quantitative estimate of drug-likeness (QED) is 0.313. The molecule has 6 nitrogen and oxygen atoms in total. The fraction of sp³-hybridized carbons (Fsp3) is 0.611. The van der Waals surface area contributed by atoms with Crippen LogP contribution in [0.15, 0.2) is 29.3 Å². The van der Waals surface area contributed by atoms with Gasteiger partial charge in [-0.3, -0.25) is 4.99 Å². The third kappa shape index (κ3) is 8.73. The summed E-state index contributed by atoms with van der Waals surface area (Å²) in [5.41, 5.74) is 1.13. The molecule has 1 heterocycles. The maximum atomic E-state index is 10.1. The second kappa shape index (κ2) is 12.3. The van der Waals surface area contributed by atoms with E-state index >= 15 is 0 Å². The lowest BCUT2D eigenvalue weighted by molar-refractivity contribution is 0.112. The third-order valence-electron chi connectivity index (χ3n) is 3.76. The summed E-state index contributed by atoms with van der Waals surface area (Å²) in [7, 11) is 0. The van der Waals surface area contributed by atoms with Crippen LogP contribution in [0.25, 0.3) is 0 Å². The molecule has 1 aromatic carbocycles. The van der Waals surface area contributed by atoms with Crippen LogP contribution in [-0.2, 0) is 4.74 Å². The number of aliphatic hydroxyl groups is 1. The smallest absolute Gasteiger partial charge is 0.191 e. The lowest BCUT2D eigenvalue weighted by atomic mass is 10.2. The zero-order chi connectivity index (χ0) is 17.2. The van der Waals surface area contributed by atoms with Crippen molar-refractivity contribution in [1.82, 2.24) is 10.6 Å². The van der Waals surface area contributed by atoms with Crippen molar-refractivity contribution in [2.75, 3.05) is 32.8 Å². The molecular weight excluding hydrogens is 433 g/mol. The summed E-state index contributed by atoms with van der Waals surface area (Å²) in [6.45, 7) is 6.88. The Bertz CT molecular complexity index is 522. The predicted molar refractivity (Wildman–Crippen MR) is 111 cm³/mol. The highest BCUT2D eigenvalue weighted by Gasteiger charge is 2.15. The number of hydrogen-bond acceptors (Lipinski definition) is 4. The number of aryl methyl sites for hydroxylation is 1. The molecule has 0 bridgehead atoms. The van der Waals surface area contributed by atoms with Gasteiger partial charge in [-0.05, 0) is 44.4 Å². The van der Waals surface area contributed by atoms with Crippen LogP contribution in [0, 0.1) is 6.92 Å². The van der Waals surface area contributed by atoms with Crippen LogP contribution in [0.1, 0.15) is 25.3 Å². The highest BCUT2D eigenvalue weighted by Crippen LogP contribution is 2.12. The largest absolute Gasteiger partial charge is 0.491 e. The minimum Gasteiger partial charge on any atom is -0.491 e. The van der Waals surface area contributed by atoms with E-state index in [1.807, 2.05) is 38.1 Å². The first kappa shape index (κ1) is 22.0. The lowest BCUT2D eigenvalue weighted by Crippen LogP contribution is -2.41. The molecule has 142 valence electrons. The summed E-state index contributed by atoms with van der Waals surface area (Å²) in [5.74, 6) is 1.46. The van der Waals surface area contributed by atoms with E-state index in [2.05, 4.69) is 15.6 Å². The maximum Gasteiger partial charge on any atom is 0.191 e.